The summed E-state index contributed by atoms with van der Waals surface area (Å²) in [6.07, 6.45) is 1.86. The molecule has 6 heteroatoms. The fourth-order valence-corrected chi connectivity index (χ4v) is 3.03. The van der Waals surface area contributed by atoms with Crippen LogP contribution in [0.25, 0.3) is 11.0 Å². The van der Waals surface area contributed by atoms with Crippen molar-refractivity contribution >= 4 is 16.9 Å². The minimum atomic E-state index is -0.122. The number of likely N-dealkylation sites (tertiary alicyclic amines) is 1. The SMILES string of the molecule is Cc1cc(C(=O)N2CCCC2c2nc3ccccc3[nH]2)on1. The van der Waals surface area contributed by atoms with Crippen molar-refractivity contribution in [2.75, 3.05) is 6.54 Å². The molecule has 0 bridgehead atoms. The van der Waals surface area contributed by atoms with Crippen LogP contribution in [-0.2, 0) is 0 Å². The molecule has 1 N–H and O–H groups in total. The Morgan fingerprint density at radius 2 is 2.27 bits per heavy atom. The number of imidazole rings is 1. The van der Waals surface area contributed by atoms with Crippen LogP contribution in [-0.4, -0.2) is 32.5 Å². The summed E-state index contributed by atoms with van der Waals surface area (Å²) in [5.74, 6) is 1.01. The third-order valence-corrected chi connectivity index (χ3v) is 4.08. The van der Waals surface area contributed by atoms with E-state index in [1.54, 1.807) is 13.0 Å². The molecule has 3 heterocycles. The molecule has 4 rings (SSSR count). The van der Waals surface area contributed by atoms with Gasteiger partial charge in [-0.3, -0.25) is 4.79 Å². The first-order valence-electron chi connectivity index (χ1n) is 7.41. The predicted molar refractivity (Wildman–Crippen MR) is 80.3 cm³/mol. The van der Waals surface area contributed by atoms with Gasteiger partial charge in [-0.05, 0) is 31.9 Å². The maximum absolute atomic E-state index is 12.6. The summed E-state index contributed by atoms with van der Waals surface area (Å²) in [5, 5.41) is 3.80. The summed E-state index contributed by atoms with van der Waals surface area (Å²) in [6, 6.07) is 9.53. The highest BCUT2D eigenvalue weighted by atomic mass is 16.5. The molecule has 0 saturated carbocycles. The fraction of sp³-hybridized carbons (Fsp3) is 0.312. The molecule has 112 valence electrons. The van der Waals surface area contributed by atoms with Gasteiger partial charge in [-0.15, -0.1) is 0 Å². The number of aryl methyl sites for hydroxylation is 1. The van der Waals surface area contributed by atoms with Crippen LogP contribution in [0.4, 0.5) is 0 Å². The maximum atomic E-state index is 12.6. The Balaban J connectivity index is 1.67. The van der Waals surface area contributed by atoms with E-state index in [1.807, 2.05) is 29.2 Å². The highest BCUT2D eigenvalue weighted by Gasteiger charge is 2.34. The second kappa shape index (κ2) is 4.98. The average molecular weight is 296 g/mol. The number of hydrogen-bond donors (Lipinski definition) is 1. The van der Waals surface area contributed by atoms with Crippen LogP contribution in [0.1, 0.15) is 41.0 Å². The Morgan fingerprint density at radius 3 is 3.05 bits per heavy atom. The largest absolute Gasteiger partial charge is 0.351 e. The van der Waals surface area contributed by atoms with Crippen molar-refractivity contribution in [3.63, 3.8) is 0 Å². The number of benzene rings is 1. The summed E-state index contributed by atoms with van der Waals surface area (Å²) in [7, 11) is 0. The maximum Gasteiger partial charge on any atom is 0.293 e. The molecule has 1 aliphatic heterocycles. The van der Waals surface area contributed by atoms with E-state index in [1.165, 1.54) is 0 Å². The fourth-order valence-electron chi connectivity index (χ4n) is 3.03. The van der Waals surface area contributed by atoms with Crippen molar-refractivity contribution in [1.29, 1.82) is 0 Å². The molecule has 1 aromatic carbocycles. The van der Waals surface area contributed by atoms with Crippen LogP contribution in [0.15, 0.2) is 34.9 Å². The summed E-state index contributed by atoms with van der Waals surface area (Å²) in [4.78, 5) is 22.4. The lowest BCUT2D eigenvalue weighted by atomic mass is 10.2. The number of rotatable bonds is 2. The number of carbonyl (C=O) groups is 1. The number of para-hydroxylation sites is 2. The lowest BCUT2D eigenvalue weighted by molar-refractivity contribution is 0.0688. The molecule has 3 aromatic rings. The molecule has 0 aliphatic carbocycles. The Labute approximate surface area is 127 Å². The van der Waals surface area contributed by atoms with Crippen LogP contribution in [0.2, 0.25) is 0 Å². The van der Waals surface area contributed by atoms with Gasteiger partial charge in [0.05, 0.1) is 22.8 Å². The Morgan fingerprint density at radius 1 is 1.41 bits per heavy atom. The third kappa shape index (κ3) is 2.07. The first-order valence-corrected chi connectivity index (χ1v) is 7.41. The van der Waals surface area contributed by atoms with Gasteiger partial charge < -0.3 is 14.4 Å². The zero-order valence-electron chi connectivity index (χ0n) is 12.2. The lowest BCUT2D eigenvalue weighted by Gasteiger charge is -2.21. The zero-order chi connectivity index (χ0) is 15.1. The quantitative estimate of drug-likeness (QED) is 0.789. The van der Waals surface area contributed by atoms with Crippen molar-refractivity contribution in [2.45, 2.75) is 25.8 Å². The number of carbonyl (C=O) groups excluding carboxylic acids is 1. The van der Waals surface area contributed by atoms with Gasteiger partial charge in [-0.2, -0.15) is 0 Å². The summed E-state index contributed by atoms with van der Waals surface area (Å²) < 4.78 is 5.11. The van der Waals surface area contributed by atoms with Crippen LogP contribution >= 0.6 is 0 Å². The third-order valence-electron chi connectivity index (χ3n) is 4.08. The second-order valence-electron chi connectivity index (χ2n) is 5.63. The van der Waals surface area contributed by atoms with E-state index in [0.717, 1.165) is 29.7 Å². The Kier molecular flexibility index (Phi) is 2.96. The molecular formula is C16H16N4O2. The van der Waals surface area contributed by atoms with E-state index in [-0.39, 0.29) is 11.9 Å². The van der Waals surface area contributed by atoms with Gasteiger partial charge in [0.1, 0.15) is 5.82 Å². The molecule has 1 fully saturated rings. The molecule has 0 radical (unpaired) electrons. The van der Waals surface area contributed by atoms with E-state index in [4.69, 9.17) is 4.52 Å². The van der Waals surface area contributed by atoms with Crippen molar-refractivity contribution < 1.29 is 9.32 Å². The first-order chi connectivity index (χ1) is 10.7. The number of nitrogens with zero attached hydrogens (tertiary/aromatic N) is 3. The van der Waals surface area contributed by atoms with Gasteiger partial charge in [0.2, 0.25) is 5.76 Å². The molecule has 1 atom stereocenters. The minimum absolute atomic E-state index is 0.0368. The smallest absolute Gasteiger partial charge is 0.293 e. The first kappa shape index (κ1) is 13.1. The lowest BCUT2D eigenvalue weighted by Crippen LogP contribution is -2.30. The Bertz CT molecular complexity index is 802. The van der Waals surface area contributed by atoms with Crippen molar-refractivity contribution in [3.8, 4) is 0 Å². The van der Waals surface area contributed by atoms with E-state index in [0.29, 0.717) is 18.0 Å². The van der Waals surface area contributed by atoms with Crippen molar-refractivity contribution in [1.82, 2.24) is 20.0 Å². The van der Waals surface area contributed by atoms with E-state index >= 15 is 0 Å². The minimum Gasteiger partial charge on any atom is -0.351 e. The van der Waals surface area contributed by atoms with E-state index in [9.17, 15) is 4.79 Å². The molecule has 1 saturated heterocycles. The molecule has 0 spiro atoms. The molecule has 22 heavy (non-hydrogen) atoms. The van der Waals surface area contributed by atoms with Gasteiger partial charge in [0, 0.05) is 12.6 Å². The number of hydrogen-bond acceptors (Lipinski definition) is 4. The molecule has 6 nitrogen and oxygen atoms in total. The highest BCUT2D eigenvalue weighted by molar-refractivity contribution is 5.92. The van der Waals surface area contributed by atoms with Gasteiger partial charge in [-0.1, -0.05) is 17.3 Å². The van der Waals surface area contributed by atoms with Crippen LogP contribution < -0.4 is 0 Å². The van der Waals surface area contributed by atoms with Crippen LogP contribution in [0.3, 0.4) is 0 Å². The van der Waals surface area contributed by atoms with E-state index < -0.39 is 0 Å². The summed E-state index contributed by atoms with van der Waals surface area (Å²) in [6.45, 7) is 2.52. The highest BCUT2D eigenvalue weighted by Crippen LogP contribution is 2.32. The van der Waals surface area contributed by atoms with E-state index in [2.05, 4.69) is 15.1 Å². The standard InChI is InChI=1S/C16H16N4O2/c1-10-9-14(22-19-10)16(21)20-8-4-7-13(20)15-17-11-5-2-3-6-12(11)18-15/h2-3,5-6,9,13H,4,7-8H2,1H3,(H,17,18). The summed E-state index contributed by atoms with van der Waals surface area (Å²) >= 11 is 0. The number of nitrogens with one attached hydrogen (secondary N) is 1. The Hall–Kier alpha value is -2.63. The average Bonchev–Trinajstić information content (AvgIpc) is 3.24. The predicted octanol–water partition coefficient (Wildman–Crippen LogP) is 2.84. The molecule has 1 unspecified atom stereocenters. The molecule has 1 amide bonds. The molecular weight excluding hydrogens is 280 g/mol. The topological polar surface area (TPSA) is 75.0 Å². The van der Waals surface area contributed by atoms with Gasteiger partial charge in [0.15, 0.2) is 0 Å². The number of fused-ring (bicyclic) bond motifs is 1. The molecule has 2 aromatic heterocycles. The van der Waals surface area contributed by atoms with Crippen molar-refractivity contribution in [2.24, 2.45) is 0 Å². The number of aromatic amines is 1. The normalized spacial score (nSPS) is 18.2. The van der Waals surface area contributed by atoms with Gasteiger partial charge in [-0.25, -0.2) is 4.98 Å². The molecule has 1 aliphatic rings. The van der Waals surface area contributed by atoms with Crippen LogP contribution in [0.5, 0.6) is 0 Å². The van der Waals surface area contributed by atoms with Gasteiger partial charge in [0.25, 0.3) is 5.91 Å². The number of amides is 1. The van der Waals surface area contributed by atoms with Crippen LogP contribution in [0, 0.1) is 6.92 Å². The van der Waals surface area contributed by atoms with Crippen molar-refractivity contribution in [3.05, 3.63) is 47.6 Å². The van der Waals surface area contributed by atoms with Gasteiger partial charge >= 0.3 is 0 Å². The summed E-state index contributed by atoms with van der Waals surface area (Å²) in [5.41, 5.74) is 2.63. The number of aromatic nitrogens is 3. The second-order valence-corrected chi connectivity index (χ2v) is 5.63. The monoisotopic (exact) mass is 296 g/mol. The zero-order valence-corrected chi connectivity index (χ0v) is 12.2. The number of H-pyrrole nitrogens is 1.